The van der Waals surface area contributed by atoms with E-state index < -0.39 is 0 Å². The highest BCUT2D eigenvalue weighted by Gasteiger charge is 2.10. The Morgan fingerprint density at radius 3 is 2.70 bits per heavy atom. The summed E-state index contributed by atoms with van der Waals surface area (Å²) in [6.07, 6.45) is 1.10. The van der Waals surface area contributed by atoms with Gasteiger partial charge in [-0.05, 0) is 23.5 Å². The van der Waals surface area contributed by atoms with Crippen molar-refractivity contribution in [2.45, 2.75) is 33.4 Å². The summed E-state index contributed by atoms with van der Waals surface area (Å²) < 4.78 is 11.1. The van der Waals surface area contributed by atoms with Crippen LogP contribution in [-0.4, -0.2) is 64.0 Å². The highest BCUT2D eigenvalue weighted by Crippen LogP contribution is 2.10. The van der Waals surface area contributed by atoms with Crippen molar-refractivity contribution >= 4 is 5.96 Å². The average Bonchev–Trinajstić information content (AvgIpc) is 2.68. The van der Waals surface area contributed by atoms with E-state index in [0.29, 0.717) is 12.5 Å². The predicted octanol–water partition coefficient (Wildman–Crippen LogP) is 2.25. The molecule has 1 fully saturated rings. The van der Waals surface area contributed by atoms with E-state index in [4.69, 9.17) is 9.47 Å². The van der Waals surface area contributed by atoms with Crippen LogP contribution in [0.2, 0.25) is 0 Å². The van der Waals surface area contributed by atoms with Crippen LogP contribution in [0.5, 0.6) is 0 Å². The number of hydrogen-bond acceptors (Lipinski definition) is 4. The second-order valence-corrected chi connectivity index (χ2v) is 7.36. The Morgan fingerprint density at radius 1 is 1.19 bits per heavy atom. The van der Waals surface area contributed by atoms with E-state index in [0.717, 1.165) is 64.9 Å². The molecule has 6 heteroatoms. The smallest absolute Gasteiger partial charge is 0.191 e. The van der Waals surface area contributed by atoms with E-state index in [-0.39, 0.29) is 0 Å². The summed E-state index contributed by atoms with van der Waals surface area (Å²) in [5, 5.41) is 6.68. The fraction of sp³-hybridized carbons (Fsp3) is 0.667. The van der Waals surface area contributed by atoms with Crippen molar-refractivity contribution in [3.05, 3.63) is 35.4 Å². The molecule has 1 aliphatic heterocycles. The number of hydrogen-bond donors (Lipinski definition) is 2. The van der Waals surface area contributed by atoms with Crippen LogP contribution >= 0.6 is 0 Å². The van der Waals surface area contributed by atoms with Gasteiger partial charge in [-0.2, -0.15) is 0 Å². The highest BCUT2D eigenvalue weighted by molar-refractivity contribution is 5.79. The molecule has 0 amide bonds. The van der Waals surface area contributed by atoms with Gasteiger partial charge >= 0.3 is 0 Å². The molecule has 0 spiro atoms. The molecule has 2 N–H and O–H groups in total. The molecule has 2 rings (SSSR count). The van der Waals surface area contributed by atoms with Crippen LogP contribution in [0, 0.1) is 5.92 Å². The molecule has 0 atom stereocenters. The van der Waals surface area contributed by atoms with Crippen molar-refractivity contribution in [3.63, 3.8) is 0 Å². The Bertz CT molecular complexity index is 557. The van der Waals surface area contributed by atoms with Crippen LogP contribution in [0.15, 0.2) is 29.3 Å². The molecule has 0 unspecified atom stereocenters. The van der Waals surface area contributed by atoms with Crippen molar-refractivity contribution < 1.29 is 9.47 Å². The average molecular weight is 377 g/mol. The van der Waals surface area contributed by atoms with Gasteiger partial charge in [0, 0.05) is 46.4 Å². The van der Waals surface area contributed by atoms with Gasteiger partial charge in [0.25, 0.3) is 0 Å². The Morgan fingerprint density at radius 2 is 1.96 bits per heavy atom. The first kappa shape index (κ1) is 21.7. The van der Waals surface area contributed by atoms with Gasteiger partial charge in [0.1, 0.15) is 0 Å². The maximum atomic E-state index is 5.63. The van der Waals surface area contributed by atoms with Gasteiger partial charge in [-0.3, -0.25) is 9.89 Å². The molecule has 1 aromatic rings. The molecule has 1 saturated heterocycles. The molecule has 0 saturated carbocycles. The topological polar surface area (TPSA) is 58.1 Å². The number of rotatable bonds is 10. The molecule has 0 bridgehead atoms. The summed E-state index contributed by atoms with van der Waals surface area (Å²) >= 11 is 0. The van der Waals surface area contributed by atoms with Crippen LogP contribution in [0.25, 0.3) is 0 Å². The largest absolute Gasteiger partial charge is 0.380 e. The Labute approximate surface area is 164 Å². The zero-order valence-electron chi connectivity index (χ0n) is 17.2. The fourth-order valence-electron chi connectivity index (χ4n) is 2.92. The minimum Gasteiger partial charge on any atom is -0.380 e. The monoisotopic (exact) mass is 376 g/mol. The first-order chi connectivity index (χ1) is 13.2. The van der Waals surface area contributed by atoms with Gasteiger partial charge < -0.3 is 20.1 Å². The normalized spacial score (nSPS) is 15.9. The number of aliphatic imine (C=N–C) groups is 1. The summed E-state index contributed by atoms with van der Waals surface area (Å²) in [7, 11) is 1.80. The number of ether oxygens (including phenoxy) is 2. The summed E-state index contributed by atoms with van der Waals surface area (Å²) in [5.74, 6) is 1.49. The van der Waals surface area contributed by atoms with Crippen LogP contribution in [0.1, 0.15) is 31.4 Å². The highest BCUT2D eigenvalue weighted by atomic mass is 16.5. The third kappa shape index (κ3) is 9.22. The zero-order valence-corrected chi connectivity index (χ0v) is 17.2. The SMILES string of the molecule is CN=C(NCCOCCC(C)C)NCc1cccc(CN2CCOCC2)c1. The predicted molar refractivity (Wildman–Crippen MR) is 111 cm³/mol. The van der Waals surface area contributed by atoms with Crippen molar-refractivity contribution in [2.24, 2.45) is 10.9 Å². The lowest BCUT2D eigenvalue weighted by Gasteiger charge is -2.26. The molecule has 27 heavy (non-hydrogen) atoms. The molecule has 0 aliphatic carbocycles. The molecule has 152 valence electrons. The molecule has 1 aliphatic rings. The lowest BCUT2D eigenvalue weighted by Crippen LogP contribution is -2.38. The van der Waals surface area contributed by atoms with E-state index in [9.17, 15) is 0 Å². The van der Waals surface area contributed by atoms with Gasteiger partial charge in [-0.1, -0.05) is 38.1 Å². The van der Waals surface area contributed by atoms with E-state index in [1.165, 1.54) is 11.1 Å². The summed E-state index contributed by atoms with van der Waals surface area (Å²) in [6, 6.07) is 8.75. The molecule has 1 heterocycles. The first-order valence-electron chi connectivity index (χ1n) is 10.1. The van der Waals surface area contributed by atoms with Crippen molar-refractivity contribution in [1.29, 1.82) is 0 Å². The summed E-state index contributed by atoms with van der Waals surface area (Å²) in [4.78, 5) is 6.72. The van der Waals surface area contributed by atoms with Crippen molar-refractivity contribution in [3.8, 4) is 0 Å². The second kappa shape index (κ2) is 12.7. The lowest BCUT2D eigenvalue weighted by molar-refractivity contribution is 0.0342. The molecule has 6 nitrogen and oxygen atoms in total. The number of morpholine rings is 1. The minimum absolute atomic E-state index is 0.686. The van der Waals surface area contributed by atoms with Crippen molar-refractivity contribution in [1.82, 2.24) is 15.5 Å². The van der Waals surface area contributed by atoms with Gasteiger partial charge in [0.05, 0.1) is 19.8 Å². The van der Waals surface area contributed by atoms with Crippen LogP contribution < -0.4 is 10.6 Å². The van der Waals surface area contributed by atoms with Crippen molar-refractivity contribution in [2.75, 3.05) is 53.1 Å². The second-order valence-electron chi connectivity index (χ2n) is 7.36. The molecule has 0 radical (unpaired) electrons. The van der Waals surface area contributed by atoms with Crippen LogP contribution in [-0.2, 0) is 22.6 Å². The number of guanidine groups is 1. The Balaban J connectivity index is 1.68. The quantitative estimate of drug-likeness (QED) is 0.373. The van der Waals surface area contributed by atoms with Gasteiger partial charge in [-0.25, -0.2) is 0 Å². The third-order valence-electron chi connectivity index (χ3n) is 4.56. The standard InChI is InChI=1S/C21H36N4O2/c1-18(2)7-11-26-12-8-23-21(22-3)24-16-19-5-4-6-20(15-19)17-25-9-13-27-14-10-25/h4-6,15,18H,7-14,16-17H2,1-3H3,(H2,22,23,24). The molecular formula is C21H36N4O2. The number of benzene rings is 1. The first-order valence-corrected chi connectivity index (χ1v) is 10.1. The summed E-state index contributed by atoms with van der Waals surface area (Å²) in [6.45, 7) is 12.1. The maximum absolute atomic E-state index is 5.63. The summed E-state index contributed by atoms with van der Waals surface area (Å²) in [5.41, 5.74) is 2.61. The zero-order chi connectivity index (χ0) is 19.3. The Kier molecular flexibility index (Phi) is 10.2. The van der Waals surface area contributed by atoms with Gasteiger partial charge in [0.2, 0.25) is 0 Å². The molecule has 0 aromatic heterocycles. The number of nitrogens with one attached hydrogen (secondary N) is 2. The van der Waals surface area contributed by atoms with E-state index >= 15 is 0 Å². The number of nitrogens with zero attached hydrogens (tertiary/aromatic N) is 2. The molecule has 1 aromatic carbocycles. The molecular weight excluding hydrogens is 340 g/mol. The van der Waals surface area contributed by atoms with Gasteiger partial charge in [-0.15, -0.1) is 0 Å². The third-order valence-corrected chi connectivity index (χ3v) is 4.56. The Hall–Kier alpha value is -1.63. The van der Waals surface area contributed by atoms with E-state index in [2.05, 4.69) is 58.6 Å². The van der Waals surface area contributed by atoms with Gasteiger partial charge in [0.15, 0.2) is 5.96 Å². The van der Waals surface area contributed by atoms with Crippen LogP contribution in [0.3, 0.4) is 0 Å². The fourth-order valence-corrected chi connectivity index (χ4v) is 2.92. The van der Waals surface area contributed by atoms with E-state index in [1.807, 2.05) is 0 Å². The van der Waals surface area contributed by atoms with E-state index in [1.54, 1.807) is 7.05 Å². The maximum Gasteiger partial charge on any atom is 0.191 e. The van der Waals surface area contributed by atoms with Crippen LogP contribution in [0.4, 0.5) is 0 Å². The lowest BCUT2D eigenvalue weighted by atomic mass is 10.1. The minimum atomic E-state index is 0.686.